The molecule has 0 fully saturated rings. The van der Waals surface area contributed by atoms with Gasteiger partial charge < -0.3 is 25.2 Å². The number of hydrogen-bond acceptors (Lipinski definition) is 5. The zero-order chi connectivity index (χ0) is 23.5. The third-order valence-corrected chi connectivity index (χ3v) is 5.25. The van der Waals surface area contributed by atoms with E-state index in [0.717, 1.165) is 5.56 Å². The molecule has 1 aliphatic heterocycles. The Labute approximate surface area is 195 Å². The molecule has 168 valence electrons. The van der Waals surface area contributed by atoms with Crippen LogP contribution < -0.4 is 20.1 Å². The van der Waals surface area contributed by atoms with Gasteiger partial charge in [-0.1, -0.05) is 30.3 Å². The maximum absolute atomic E-state index is 12.8. The van der Waals surface area contributed by atoms with Crippen molar-refractivity contribution in [1.29, 1.82) is 0 Å². The largest absolute Gasteiger partial charge is 0.508 e. The van der Waals surface area contributed by atoms with Gasteiger partial charge in [0.15, 0.2) is 5.75 Å². The van der Waals surface area contributed by atoms with Gasteiger partial charge in [-0.3, -0.25) is 9.59 Å². The highest BCUT2D eigenvalue weighted by molar-refractivity contribution is 6.08. The van der Waals surface area contributed by atoms with Gasteiger partial charge in [-0.2, -0.15) is 0 Å². The average Bonchev–Trinajstić information content (AvgIpc) is 2.98. The summed E-state index contributed by atoms with van der Waals surface area (Å²) in [5, 5.41) is 15.3. The van der Waals surface area contributed by atoms with Crippen molar-refractivity contribution in [3.8, 4) is 28.7 Å². The first-order valence-electron chi connectivity index (χ1n) is 10.6. The molecule has 2 amide bonds. The van der Waals surface area contributed by atoms with Crippen LogP contribution in [0, 0.1) is 0 Å². The summed E-state index contributed by atoms with van der Waals surface area (Å²) >= 11 is 0. The van der Waals surface area contributed by atoms with Gasteiger partial charge in [0.25, 0.3) is 11.8 Å². The Hall–Kier alpha value is -4.78. The number of rotatable bonds is 5. The van der Waals surface area contributed by atoms with Crippen molar-refractivity contribution in [2.45, 2.75) is 6.54 Å². The third kappa shape index (κ3) is 4.54. The van der Waals surface area contributed by atoms with Gasteiger partial charge in [-0.25, -0.2) is 0 Å². The van der Waals surface area contributed by atoms with E-state index in [1.807, 2.05) is 18.2 Å². The number of benzene rings is 4. The molecule has 4 aromatic carbocycles. The number of amides is 2. The fourth-order valence-electron chi connectivity index (χ4n) is 3.60. The number of phenols is 1. The van der Waals surface area contributed by atoms with E-state index in [9.17, 15) is 14.7 Å². The van der Waals surface area contributed by atoms with Crippen LogP contribution in [0.4, 0.5) is 5.69 Å². The summed E-state index contributed by atoms with van der Waals surface area (Å²) in [6, 6.07) is 25.7. The molecule has 34 heavy (non-hydrogen) atoms. The van der Waals surface area contributed by atoms with Gasteiger partial charge >= 0.3 is 0 Å². The zero-order valence-electron chi connectivity index (χ0n) is 17.9. The molecule has 0 saturated heterocycles. The van der Waals surface area contributed by atoms with Crippen LogP contribution in [-0.4, -0.2) is 16.9 Å². The summed E-state index contributed by atoms with van der Waals surface area (Å²) in [5.74, 6) is 1.55. The minimum Gasteiger partial charge on any atom is -0.508 e. The second-order valence-electron chi connectivity index (χ2n) is 7.69. The number of anilines is 1. The minimum absolute atomic E-state index is 0.118. The van der Waals surface area contributed by atoms with Crippen molar-refractivity contribution >= 4 is 17.5 Å². The van der Waals surface area contributed by atoms with Crippen LogP contribution in [0.1, 0.15) is 26.3 Å². The van der Waals surface area contributed by atoms with Crippen LogP contribution in [0.2, 0.25) is 0 Å². The van der Waals surface area contributed by atoms with Crippen molar-refractivity contribution in [3.05, 3.63) is 108 Å². The van der Waals surface area contributed by atoms with E-state index in [1.54, 1.807) is 66.7 Å². The first kappa shape index (κ1) is 21.1. The average molecular weight is 452 g/mol. The molecule has 0 spiro atoms. The van der Waals surface area contributed by atoms with Crippen LogP contribution in [0.25, 0.3) is 0 Å². The lowest BCUT2D eigenvalue weighted by atomic mass is 10.1. The van der Waals surface area contributed by atoms with E-state index in [-0.39, 0.29) is 24.1 Å². The number of para-hydroxylation sites is 1. The lowest BCUT2D eigenvalue weighted by Gasteiger charge is -2.11. The number of phenolic OH excluding ortho intramolecular Hbond substituents is 1. The molecule has 0 bridgehead atoms. The molecule has 4 aromatic rings. The van der Waals surface area contributed by atoms with Crippen molar-refractivity contribution in [1.82, 2.24) is 5.32 Å². The number of nitrogens with one attached hydrogen (secondary N) is 2. The Morgan fingerprint density at radius 2 is 1.68 bits per heavy atom. The molecule has 3 N–H and O–H groups in total. The number of carbonyl (C=O) groups excluding carboxylic acids is 2. The zero-order valence-corrected chi connectivity index (χ0v) is 17.9. The summed E-state index contributed by atoms with van der Waals surface area (Å²) in [7, 11) is 0. The normalized spacial score (nSPS) is 11.8. The number of aromatic hydroxyl groups is 1. The molecule has 1 heterocycles. The quantitative estimate of drug-likeness (QED) is 0.373. The van der Waals surface area contributed by atoms with E-state index < -0.39 is 0 Å². The van der Waals surface area contributed by atoms with E-state index in [2.05, 4.69) is 10.6 Å². The first-order valence-corrected chi connectivity index (χ1v) is 10.6. The summed E-state index contributed by atoms with van der Waals surface area (Å²) in [4.78, 5) is 25.3. The Morgan fingerprint density at radius 3 is 2.53 bits per heavy atom. The SMILES string of the molecule is O=C(NCc1cccc(Oc2cccc(O)c2)c1)c1ccc2c(c1)NC(=O)c1ccccc1O2. The summed E-state index contributed by atoms with van der Waals surface area (Å²) in [6.45, 7) is 0.279. The summed E-state index contributed by atoms with van der Waals surface area (Å²) < 4.78 is 11.6. The van der Waals surface area contributed by atoms with Crippen molar-refractivity contribution < 1.29 is 24.2 Å². The lowest BCUT2D eigenvalue weighted by Crippen LogP contribution is -2.23. The van der Waals surface area contributed by atoms with Gasteiger partial charge in [0.05, 0.1) is 11.3 Å². The highest BCUT2D eigenvalue weighted by atomic mass is 16.5. The molecular formula is C27H20N2O5. The van der Waals surface area contributed by atoms with E-state index in [1.165, 1.54) is 6.07 Å². The van der Waals surface area contributed by atoms with Crippen molar-refractivity contribution in [3.63, 3.8) is 0 Å². The number of hydrogen-bond donors (Lipinski definition) is 3. The molecular weight excluding hydrogens is 432 g/mol. The highest BCUT2D eigenvalue weighted by Gasteiger charge is 2.21. The first-order chi connectivity index (χ1) is 16.5. The lowest BCUT2D eigenvalue weighted by molar-refractivity contribution is 0.0949. The second kappa shape index (κ2) is 8.99. The standard InChI is InChI=1S/C27H20N2O5/c30-19-6-4-8-21(15-19)33-20-7-3-5-17(13-20)16-28-26(31)18-11-12-25-23(14-18)29-27(32)22-9-1-2-10-24(22)34-25/h1-15,30H,16H2,(H,28,31)(H,29,32). The number of carbonyl (C=O) groups is 2. The maximum Gasteiger partial charge on any atom is 0.259 e. The second-order valence-corrected chi connectivity index (χ2v) is 7.69. The fraction of sp³-hybridized carbons (Fsp3) is 0.0370. The molecule has 0 saturated carbocycles. The minimum atomic E-state index is -0.296. The number of ether oxygens (including phenoxy) is 2. The Balaban J connectivity index is 1.27. The molecule has 7 nitrogen and oxygen atoms in total. The molecule has 0 atom stereocenters. The van der Waals surface area contributed by atoms with E-state index in [0.29, 0.717) is 39.8 Å². The predicted molar refractivity (Wildman–Crippen MR) is 127 cm³/mol. The summed E-state index contributed by atoms with van der Waals surface area (Å²) in [5.41, 5.74) is 2.08. The molecule has 7 heteroatoms. The van der Waals surface area contributed by atoms with E-state index >= 15 is 0 Å². The van der Waals surface area contributed by atoms with Gasteiger partial charge in [-0.15, -0.1) is 0 Å². The molecule has 5 rings (SSSR count). The van der Waals surface area contributed by atoms with Crippen molar-refractivity contribution in [2.24, 2.45) is 0 Å². The van der Waals surface area contributed by atoms with Crippen LogP contribution in [0.15, 0.2) is 91.0 Å². The Bertz CT molecular complexity index is 1400. The smallest absolute Gasteiger partial charge is 0.259 e. The Morgan fingerprint density at radius 1 is 0.882 bits per heavy atom. The molecule has 0 radical (unpaired) electrons. The van der Waals surface area contributed by atoms with Gasteiger partial charge in [0, 0.05) is 18.2 Å². The van der Waals surface area contributed by atoms with Crippen molar-refractivity contribution in [2.75, 3.05) is 5.32 Å². The van der Waals surface area contributed by atoms with Gasteiger partial charge in [0.2, 0.25) is 0 Å². The fourth-order valence-corrected chi connectivity index (χ4v) is 3.60. The molecule has 0 aliphatic carbocycles. The highest BCUT2D eigenvalue weighted by Crippen LogP contribution is 2.36. The molecule has 0 unspecified atom stereocenters. The third-order valence-electron chi connectivity index (χ3n) is 5.25. The van der Waals surface area contributed by atoms with Crippen LogP contribution in [-0.2, 0) is 6.54 Å². The van der Waals surface area contributed by atoms with Crippen LogP contribution in [0.3, 0.4) is 0 Å². The number of fused-ring (bicyclic) bond motifs is 2. The van der Waals surface area contributed by atoms with Crippen LogP contribution in [0.5, 0.6) is 28.7 Å². The predicted octanol–water partition coefficient (Wildman–Crippen LogP) is 5.47. The molecule has 0 aromatic heterocycles. The summed E-state index contributed by atoms with van der Waals surface area (Å²) in [6.07, 6.45) is 0. The monoisotopic (exact) mass is 452 g/mol. The van der Waals surface area contributed by atoms with E-state index in [4.69, 9.17) is 9.47 Å². The van der Waals surface area contributed by atoms with Gasteiger partial charge in [-0.05, 0) is 60.2 Å². The Kier molecular flexibility index (Phi) is 5.58. The molecule has 1 aliphatic rings. The topological polar surface area (TPSA) is 96.9 Å². The van der Waals surface area contributed by atoms with Gasteiger partial charge in [0.1, 0.15) is 23.0 Å². The maximum atomic E-state index is 12.8. The van der Waals surface area contributed by atoms with Crippen LogP contribution >= 0.6 is 0 Å².